The highest BCUT2D eigenvalue weighted by atomic mass is 35.5. The van der Waals surface area contributed by atoms with Crippen LogP contribution in [0.25, 0.3) is 0 Å². The zero-order chi connectivity index (χ0) is 19.9. The molecule has 2 fully saturated rings. The highest BCUT2D eigenvalue weighted by Gasteiger charge is 2.30. The summed E-state index contributed by atoms with van der Waals surface area (Å²) in [4.78, 5) is 10.6. The van der Waals surface area contributed by atoms with Gasteiger partial charge in [0.2, 0.25) is 0 Å². The number of aryl methyl sites for hydroxylation is 1. The first-order valence-electron chi connectivity index (χ1n) is 10.8. The Labute approximate surface area is 173 Å². The Balaban J connectivity index is 1.35. The Morgan fingerprint density at radius 2 is 1.64 bits per heavy atom. The SMILES string of the molecule is O=C(O)/C=C/CC1CCC(C2CCC(CCc3ccc(Cl)c(F)c3)CC2)CC1. The molecule has 0 bridgehead atoms. The first-order chi connectivity index (χ1) is 13.5. The van der Waals surface area contributed by atoms with Gasteiger partial charge in [-0.25, -0.2) is 9.18 Å². The molecule has 0 aliphatic heterocycles. The molecule has 2 saturated carbocycles. The van der Waals surface area contributed by atoms with Crippen LogP contribution in [0.1, 0.15) is 69.8 Å². The summed E-state index contributed by atoms with van der Waals surface area (Å²) < 4.78 is 13.6. The van der Waals surface area contributed by atoms with Gasteiger partial charge < -0.3 is 5.11 Å². The quantitative estimate of drug-likeness (QED) is 0.492. The number of rotatable bonds is 7. The molecule has 0 radical (unpaired) electrons. The lowest BCUT2D eigenvalue weighted by Crippen LogP contribution is -2.26. The molecule has 0 saturated heterocycles. The number of carboxylic acid groups (broad SMARTS) is 1. The van der Waals surface area contributed by atoms with Crippen LogP contribution < -0.4 is 0 Å². The minimum atomic E-state index is -0.841. The smallest absolute Gasteiger partial charge is 0.327 e. The van der Waals surface area contributed by atoms with E-state index in [2.05, 4.69) is 0 Å². The maximum Gasteiger partial charge on any atom is 0.327 e. The number of aliphatic carboxylic acids is 1. The van der Waals surface area contributed by atoms with E-state index in [-0.39, 0.29) is 10.8 Å². The first kappa shape index (κ1) is 21.4. The van der Waals surface area contributed by atoms with Crippen LogP contribution >= 0.6 is 11.6 Å². The molecule has 0 spiro atoms. The predicted octanol–water partition coefficient (Wildman–Crippen LogP) is 7.06. The van der Waals surface area contributed by atoms with Crippen molar-refractivity contribution >= 4 is 17.6 Å². The number of carboxylic acids is 1. The van der Waals surface area contributed by atoms with Crippen molar-refractivity contribution in [3.8, 4) is 0 Å². The van der Waals surface area contributed by atoms with Crippen molar-refractivity contribution < 1.29 is 14.3 Å². The van der Waals surface area contributed by atoms with Crippen LogP contribution in [0.3, 0.4) is 0 Å². The van der Waals surface area contributed by atoms with Crippen molar-refractivity contribution in [2.75, 3.05) is 0 Å². The maximum atomic E-state index is 13.6. The molecular weight excluding hydrogens is 375 g/mol. The van der Waals surface area contributed by atoms with Gasteiger partial charge in [-0.1, -0.05) is 36.6 Å². The molecule has 1 aromatic carbocycles. The summed E-state index contributed by atoms with van der Waals surface area (Å²) in [6, 6.07) is 5.19. The lowest BCUT2D eigenvalue weighted by Gasteiger charge is -2.37. The standard InChI is InChI=1S/C24H32ClFO2/c25-22-15-10-19(16-23(22)26)5-4-18-8-13-21(14-9-18)20-11-6-17(7-12-20)2-1-3-24(27)28/h1,3,10,15-18,20-21H,2,4-9,11-14H2,(H,27,28)/b3-1+. The minimum Gasteiger partial charge on any atom is -0.478 e. The van der Waals surface area contributed by atoms with Crippen molar-refractivity contribution in [3.63, 3.8) is 0 Å². The highest BCUT2D eigenvalue weighted by Crippen LogP contribution is 2.42. The molecule has 2 nitrogen and oxygen atoms in total. The van der Waals surface area contributed by atoms with E-state index in [1.54, 1.807) is 12.1 Å². The van der Waals surface area contributed by atoms with Gasteiger partial charge in [-0.15, -0.1) is 0 Å². The Bertz CT molecular complexity index is 671. The molecule has 28 heavy (non-hydrogen) atoms. The van der Waals surface area contributed by atoms with Gasteiger partial charge in [0.15, 0.2) is 0 Å². The molecule has 3 rings (SSSR count). The van der Waals surface area contributed by atoms with E-state index < -0.39 is 5.97 Å². The third kappa shape index (κ3) is 6.34. The highest BCUT2D eigenvalue weighted by molar-refractivity contribution is 6.30. The Morgan fingerprint density at radius 1 is 1.04 bits per heavy atom. The number of benzene rings is 1. The normalized spacial score (nSPS) is 28.5. The number of hydrogen-bond acceptors (Lipinski definition) is 1. The minimum absolute atomic E-state index is 0.205. The first-order valence-corrected chi connectivity index (χ1v) is 11.2. The van der Waals surface area contributed by atoms with Crippen LogP contribution in [0.2, 0.25) is 5.02 Å². The fourth-order valence-electron chi connectivity index (χ4n) is 5.27. The van der Waals surface area contributed by atoms with Crippen LogP contribution in [0.5, 0.6) is 0 Å². The molecule has 2 aliphatic rings. The van der Waals surface area contributed by atoms with Crippen molar-refractivity contribution in [2.24, 2.45) is 23.7 Å². The molecule has 0 aromatic heterocycles. The van der Waals surface area contributed by atoms with Gasteiger partial charge >= 0.3 is 5.97 Å². The second-order valence-electron chi connectivity index (χ2n) is 8.83. The summed E-state index contributed by atoms with van der Waals surface area (Å²) in [6.45, 7) is 0. The topological polar surface area (TPSA) is 37.3 Å². The van der Waals surface area contributed by atoms with Gasteiger partial charge in [0.25, 0.3) is 0 Å². The molecule has 0 unspecified atom stereocenters. The number of allylic oxidation sites excluding steroid dienone is 1. The van der Waals surface area contributed by atoms with E-state index in [4.69, 9.17) is 16.7 Å². The van der Waals surface area contributed by atoms with Gasteiger partial charge in [0.1, 0.15) is 5.82 Å². The lowest BCUT2D eigenvalue weighted by molar-refractivity contribution is -0.131. The van der Waals surface area contributed by atoms with Crippen molar-refractivity contribution in [3.05, 3.63) is 46.8 Å². The Kier molecular flexibility index (Phi) is 7.96. The van der Waals surface area contributed by atoms with Crippen LogP contribution in [0.4, 0.5) is 4.39 Å². The van der Waals surface area contributed by atoms with Gasteiger partial charge in [-0.3, -0.25) is 0 Å². The number of hydrogen-bond donors (Lipinski definition) is 1. The fraction of sp³-hybridized carbons (Fsp3) is 0.625. The van der Waals surface area contributed by atoms with Gasteiger partial charge in [-0.2, -0.15) is 0 Å². The summed E-state index contributed by atoms with van der Waals surface area (Å²) in [6.07, 6.45) is 16.5. The van der Waals surface area contributed by atoms with Crippen molar-refractivity contribution in [2.45, 2.75) is 70.6 Å². The van der Waals surface area contributed by atoms with Gasteiger partial charge in [0, 0.05) is 6.08 Å². The second kappa shape index (κ2) is 10.4. The molecular formula is C24H32ClFO2. The van der Waals surface area contributed by atoms with E-state index >= 15 is 0 Å². The predicted molar refractivity (Wildman–Crippen MR) is 112 cm³/mol. The molecule has 0 atom stereocenters. The van der Waals surface area contributed by atoms with Crippen molar-refractivity contribution in [1.29, 1.82) is 0 Å². The molecule has 4 heteroatoms. The third-order valence-corrected chi connectivity index (χ3v) is 7.31. The van der Waals surface area contributed by atoms with E-state index in [0.717, 1.165) is 42.6 Å². The van der Waals surface area contributed by atoms with Gasteiger partial charge in [0.05, 0.1) is 5.02 Å². The summed E-state index contributed by atoms with van der Waals surface area (Å²) in [5.74, 6) is 2.03. The van der Waals surface area contributed by atoms with Gasteiger partial charge in [-0.05, 0) is 99.2 Å². The molecule has 1 N–H and O–H groups in total. The maximum absolute atomic E-state index is 13.6. The molecule has 0 heterocycles. The van der Waals surface area contributed by atoms with E-state index in [0.29, 0.717) is 5.92 Å². The van der Waals surface area contributed by atoms with Crippen LogP contribution in [0, 0.1) is 29.5 Å². The molecule has 1 aromatic rings. The fourth-order valence-corrected chi connectivity index (χ4v) is 5.39. The van der Waals surface area contributed by atoms with E-state index in [1.165, 1.54) is 57.4 Å². The average Bonchev–Trinajstić information content (AvgIpc) is 2.70. The summed E-state index contributed by atoms with van der Waals surface area (Å²) in [5, 5.41) is 8.90. The lowest BCUT2D eigenvalue weighted by atomic mass is 9.68. The van der Waals surface area contributed by atoms with Crippen LogP contribution in [-0.2, 0) is 11.2 Å². The number of halogens is 2. The Morgan fingerprint density at radius 3 is 2.21 bits per heavy atom. The molecule has 2 aliphatic carbocycles. The summed E-state index contributed by atoms with van der Waals surface area (Å²) in [7, 11) is 0. The summed E-state index contributed by atoms with van der Waals surface area (Å²) in [5.41, 5.74) is 1.05. The number of carbonyl (C=O) groups is 1. The van der Waals surface area contributed by atoms with E-state index in [1.807, 2.05) is 12.1 Å². The molecule has 0 amide bonds. The average molecular weight is 407 g/mol. The zero-order valence-corrected chi connectivity index (χ0v) is 17.3. The summed E-state index contributed by atoms with van der Waals surface area (Å²) >= 11 is 5.76. The Hall–Kier alpha value is -1.35. The molecule has 154 valence electrons. The van der Waals surface area contributed by atoms with Crippen LogP contribution in [-0.4, -0.2) is 11.1 Å². The van der Waals surface area contributed by atoms with E-state index in [9.17, 15) is 9.18 Å². The zero-order valence-electron chi connectivity index (χ0n) is 16.6. The van der Waals surface area contributed by atoms with Crippen molar-refractivity contribution in [1.82, 2.24) is 0 Å². The van der Waals surface area contributed by atoms with Crippen LogP contribution in [0.15, 0.2) is 30.4 Å². The monoisotopic (exact) mass is 406 g/mol. The third-order valence-electron chi connectivity index (χ3n) is 7.00. The largest absolute Gasteiger partial charge is 0.478 e. The second-order valence-corrected chi connectivity index (χ2v) is 9.23.